The zero-order chi connectivity index (χ0) is 15.9. The van der Waals surface area contributed by atoms with Gasteiger partial charge in [-0.25, -0.2) is 0 Å². The lowest BCUT2D eigenvalue weighted by Crippen LogP contribution is -2.02. The second-order valence-electron chi connectivity index (χ2n) is 4.63. The average Bonchev–Trinajstić information content (AvgIpc) is 2.53. The Hall–Kier alpha value is -2.07. The van der Waals surface area contributed by atoms with Gasteiger partial charge in [-0.1, -0.05) is 17.7 Å². The maximum atomic E-state index is 6.25. The smallest absolute Gasteiger partial charge is 0.179 e. The number of nitrogens with one attached hydrogen (secondary N) is 1. The number of benzene rings is 2. The fourth-order valence-corrected chi connectivity index (χ4v) is 2.43. The highest BCUT2D eigenvalue weighted by Gasteiger charge is 2.11. The molecule has 0 radical (unpaired) electrons. The second-order valence-corrected chi connectivity index (χ2v) is 5.03. The van der Waals surface area contributed by atoms with Crippen molar-refractivity contribution in [3.63, 3.8) is 0 Å². The minimum absolute atomic E-state index is 0.538. The van der Waals surface area contributed by atoms with Gasteiger partial charge in [0.2, 0.25) is 0 Å². The summed E-state index contributed by atoms with van der Waals surface area (Å²) in [6.45, 7) is 3.10. The second kappa shape index (κ2) is 7.80. The molecule has 0 unspecified atom stereocenters. The molecule has 0 aliphatic rings. The van der Waals surface area contributed by atoms with E-state index in [0.29, 0.717) is 29.7 Å². The zero-order valence-corrected chi connectivity index (χ0v) is 13.7. The highest BCUT2D eigenvalue weighted by Crippen LogP contribution is 2.36. The van der Waals surface area contributed by atoms with Crippen LogP contribution in [0, 0.1) is 0 Å². The van der Waals surface area contributed by atoms with Crippen LogP contribution in [0.4, 0.5) is 5.69 Å². The van der Waals surface area contributed by atoms with E-state index in [1.165, 1.54) is 0 Å². The molecule has 5 heteroatoms. The van der Waals surface area contributed by atoms with Crippen molar-refractivity contribution in [1.82, 2.24) is 0 Å². The molecule has 0 heterocycles. The van der Waals surface area contributed by atoms with Gasteiger partial charge in [0.15, 0.2) is 11.5 Å². The summed E-state index contributed by atoms with van der Waals surface area (Å²) in [6, 6.07) is 11.6. The molecule has 0 saturated carbocycles. The summed E-state index contributed by atoms with van der Waals surface area (Å²) in [5.41, 5.74) is 1.99. The zero-order valence-electron chi connectivity index (χ0n) is 13.0. The number of halogens is 1. The van der Waals surface area contributed by atoms with Crippen LogP contribution in [0.25, 0.3) is 0 Å². The van der Waals surface area contributed by atoms with E-state index >= 15 is 0 Å². The maximum Gasteiger partial charge on any atom is 0.179 e. The molecule has 0 atom stereocenters. The van der Waals surface area contributed by atoms with E-state index in [0.717, 1.165) is 17.0 Å². The Labute approximate surface area is 136 Å². The largest absolute Gasteiger partial charge is 0.497 e. The molecular formula is C17H20ClNO3. The van der Waals surface area contributed by atoms with E-state index in [1.807, 2.05) is 43.3 Å². The fourth-order valence-electron chi connectivity index (χ4n) is 2.12. The molecular weight excluding hydrogens is 302 g/mol. The minimum atomic E-state index is 0.538. The summed E-state index contributed by atoms with van der Waals surface area (Å²) in [5.74, 6) is 2.03. The molecule has 0 bridgehead atoms. The Morgan fingerprint density at radius 1 is 1.09 bits per heavy atom. The third-order valence-electron chi connectivity index (χ3n) is 3.14. The van der Waals surface area contributed by atoms with E-state index in [9.17, 15) is 0 Å². The van der Waals surface area contributed by atoms with Crippen LogP contribution in [-0.2, 0) is 6.54 Å². The highest BCUT2D eigenvalue weighted by molar-refractivity contribution is 6.32. The molecule has 2 rings (SSSR count). The van der Waals surface area contributed by atoms with E-state index in [1.54, 1.807) is 14.2 Å². The summed E-state index contributed by atoms with van der Waals surface area (Å²) in [5, 5.41) is 3.87. The molecule has 0 spiro atoms. The predicted molar refractivity (Wildman–Crippen MR) is 89.5 cm³/mol. The molecule has 1 N–H and O–H groups in total. The van der Waals surface area contributed by atoms with Crippen molar-refractivity contribution in [1.29, 1.82) is 0 Å². The average molecular weight is 322 g/mol. The molecule has 2 aromatic rings. The number of anilines is 1. The number of methoxy groups -OCH3 is 2. The van der Waals surface area contributed by atoms with Crippen LogP contribution < -0.4 is 19.5 Å². The molecule has 118 valence electrons. The topological polar surface area (TPSA) is 39.7 Å². The summed E-state index contributed by atoms with van der Waals surface area (Å²) in [7, 11) is 3.23. The number of hydrogen-bond acceptors (Lipinski definition) is 4. The first kappa shape index (κ1) is 16.3. The van der Waals surface area contributed by atoms with Crippen molar-refractivity contribution < 1.29 is 14.2 Å². The van der Waals surface area contributed by atoms with E-state index in [4.69, 9.17) is 25.8 Å². The maximum absolute atomic E-state index is 6.25. The third-order valence-corrected chi connectivity index (χ3v) is 3.42. The Kier molecular flexibility index (Phi) is 5.78. The molecule has 0 fully saturated rings. The van der Waals surface area contributed by atoms with Gasteiger partial charge < -0.3 is 19.5 Å². The third kappa shape index (κ3) is 3.98. The van der Waals surface area contributed by atoms with Gasteiger partial charge in [-0.2, -0.15) is 0 Å². The van der Waals surface area contributed by atoms with Crippen LogP contribution in [0.2, 0.25) is 5.02 Å². The lowest BCUT2D eigenvalue weighted by atomic mass is 10.2. The van der Waals surface area contributed by atoms with Gasteiger partial charge in [0.25, 0.3) is 0 Å². The monoisotopic (exact) mass is 321 g/mol. The Balaban J connectivity index is 2.15. The standard InChI is InChI=1S/C17H20ClNO3/c1-4-22-16-9-12(8-15(18)17(16)21-3)11-19-13-6-5-7-14(10-13)20-2/h5-10,19H,4,11H2,1-3H3. The summed E-state index contributed by atoms with van der Waals surface area (Å²) >= 11 is 6.25. The Morgan fingerprint density at radius 3 is 2.59 bits per heavy atom. The molecule has 0 saturated heterocycles. The normalized spacial score (nSPS) is 10.2. The van der Waals surface area contributed by atoms with Gasteiger partial charge in [-0.15, -0.1) is 0 Å². The predicted octanol–water partition coefficient (Wildman–Crippen LogP) is 4.37. The van der Waals surface area contributed by atoms with Crippen molar-refractivity contribution in [3.05, 3.63) is 47.0 Å². The van der Waals surface area contributed by atoms with Crippen molar-refractivity contribution in [2.75, 3.05) is 26.1 Å². The van der Waals surface area contributed by atoms with Gasteiger partial charge >= 0.3 is 0 Å². The lowest BCUT2D eigenvalue weighted by molar-refractivity contribution is 0.310. The number of rotatable bonds is 7. The van der Waals surface area contributed by atoms with E-state index < -0.39 is 0 Å². The van der Waals surface area contributed by atoms with Crippen LogP contribution in [0.5, 0.6) is 17.2 Å². The molecule has 0 aromatic heterocycles. The number of hydrogen-bond donors (Lipinski definition) is 1. The molecule has 4 nitrogen and oxygen atoms in total. The van der Waals surface area contributed by atoms with Gasteiger partial charge in [-0.3, -0.25) is 0 Å². The van der Waals surface area contributed by atoms with E-state index in [-0.39, 0.29) is 0 Å². The highest BCUT2D eigenvalue weighted by atomic mass is 35.5. The van der Waals surface area contributed by atoms with Crippen molar-refractivity contribution in [2.24, 2.45) is 0 Å². The quantitative estimate of drug-likeness (QED) is 0.822. The molecule has 0 aliphatic carbocycles. The molecule has 22 heavy (non-hydrogen) atoms. The first-order valence-corrected chi connectivity index (χ1v) is 7.42. The molecule has 2 aromatic carbocycles. The fraction of sp³-hybridized carbons (Fsp3) is 0.294. The SMILES string of the molecule is CCOc1cc(CNc2cccc(OC)c2)cc(Cl)c1OC. The minimum Gasteiger partial charge on any atom is -0.497 e. The first-order chi connectivity index (χ1) is 10.7. The Bertz CT molecular complexity index is 631. The van der Waals surface area contributed by atoms with E-state index in [2.05, 4.69) is 5.32 Å². The van der Waals surface area contributed by atoms with Crippen LogP contribution in [0.1, 0.15) is 12.5 Å². The van der Waals surface area contributed by atoms with Gasteiger partial charge in [0, 0.05) is 18.3 Å². The van der Waals surface area contributed by atoms with Gasteiger partial charge in [0.1, 0.15) is 5.75 Å². The number of ether oxygens (including phenoxy) is 3. The summed E-state index contributed by atoms with van der Waals surface area (Å²) in [4.78, 5) is 0. The molecule has 0 amide bonds. The van der Waals surface area contributed by atoms with Crippen LogP contribution >= 0.6 is 11.6 Å². The van der Waals surface area contributed by atoms with Crippen molar-refractivity contribution in [2.45, 2.75) is 13.5 Å². The first-order valence-electron chi connectivity index (χ1n) is 7.05. The molecule has 0 aliphatic heterocycles. The summed E-state index contributed by atoms with van der Waals surface area (Å²) in [6.07, 6.45) is 0. The van der Waals surface area contributed by atoms with Gasteiger partial charge in [0.05, 0.1) is 25.8 Å². The summed E-state index contributed by atoms with van der Waals surface area (Å²) < 4.78 is 16.1. The van der Waals surface area contributed by atoms with Crippen LogP contribution in [0.3, 0.4) is 0 Å². The lowest BCUT2D eigenvalue weighted by Gasteiger charge is -2.14. The van der Waals surface area contributed by atoms with Gasteiger partial charge in [-0.05, 0) is 36.8 Å². The Morgan fingerprint density at radius 2 is 1.91 bits per heavy atom. The van der Waals surface area contributed by atoms with Crippen LogP contribution in [0.15, 0.2) is 36.4 Å². The van der Waals surface area contributed by atoms with Crippen LogP contribution in [-0.4, -0.2) is 20.8 Å². The van der Waals surface area contributed by atoms with Crippen molar-refractivity contribution in [3.8, 4) is 17.2 Å². The van der Waals surface area contributed by atoms with Crippen molar-refractivity contribution >= 4 is 17.3 Å².